The minimum atomic E-state index is -4.41. The molecular formula is C24H20F3N5O4. The number of fused-ring (bicyclic) bond motifs is 1. The van der Waals surface area contributed by atoms with Crippen LogP contribution in [0.3, 0.4) is 0 Å². The number of alkyl halides is 3. The minimum absolute atomic E-state index is 0.0274. The molecule has 0 N–H and O–H groups in total. The topological polar surface area (TPSA) is 95.4 Å². The molecule has 0 atom stereocenters. The van der Waals surface area contributed by atoms with Crippen molar-refractivity contribution in [1.82, 2.24) is 24.2 Å². The summed E-state index contributed by atoms with van der Waals surface area (Å²) in [7, 11) is 0. The number of nitrogens with zero attached hydrogens (tertiary/aromatic N) is 5. The van der Waals surface area contributed by atoms with Crippen molar-refractivity contribution in [2.45, 2.75) is 32.8 Å². The number of hydrogen-bond donors (Lipinski definition) is 0. The van der Waals surface area contributed by atoms with Crippen molar-refractivity contribution < 1.29 is 27.2 Å². The molecule has 4 heterocycles. The molecule has 1 amide bonds. The summed E-state index contributed by atoms with van der Waals surface area (Å²) >= 11 is 0. The van der Waals surface area contributed by atoms with Crippen LogP contribution in [0.4, 0.5) is 13.2 Å². The summed E-state index contributed by atoms with van der Waals surface area (Å²) in [4.78, 5) is 31.8. The van der Waals surface area contributed by atoms with E-state index in [4.69, 9.17) is 9.26 Å². The highest BCUT2D eigenvalue weighted by Gasteiger charge is 2.30. The molecule has 5 rings (SSSR count). The number of ether oxygens (including phenoxy) is 1. The maximum Gasteiger partial charge on any atom is 0.416 e. The van der Waals surface area contributed by atoms with Crippen molar-refractivity contribution in [2.75, 3.05) is 6.54 Å². The van der Waals surface area contributed by atoms with Crippen molar-refractivity contribution in [3.05, 3.63) is 93.6 Å². The van der Waals surface area contributed by atoms with Crippen LogP contribution in [0, 0.1) is 6.92 Å². The predicted octanol–water partition coefficient (Wildman–Crippen LogP) is 3.58. The Morgan fingerprint density at radius 2 is 1.86 bits per heavy atom. The number of rotatable bonds is 6. The average Bonchev–Trinajstić information content (AvgIpc) is 3.48. The molecule has 0 saturated heterocycles. The predicted molar refractivity (Wildman–Crippen MR) is 120 cm³/mol. The van der Waals surface area contributed by atoms with E-state index >= 15 is 0 Å². The van der Waals surface area contributed by atoms with E-state index < -0.39 is 11.7 Å². The smallest absolute Gasteiger partial charge is 0.416 e. The van der Waals surface area contributed by atoms with Gasteiger partial charge in [0.05, 0.1) is 29.7 Å². The largest absolute Gasteiger partial charge is 0.470 e. The molecule has 0 unspecified atom stereocenters. The first kappa shape index (κ1) is 23.4. The molecule has 3 aromatic heterocycles. The molecule has 36 heavy (non-hydrogen) atoms. The molecule has 1 aliphatic rings. The number of pyridine rings is 1. The third-order valence-corrected chi connectivity index (χ3v) is 5.87. The monoisotopic (exact) mass is 499 g/mol. The molecule has 4 aromatic rings. The molecule has 12 heteroatoms. The highest BCUT2D eigenvalue weighted by Crippen LogP contribution is 2.29. The van der Waals surface area contributed by atoms with Gasteiger partial charge in [-0.2, -0.15) is 13.2 Å². The molecule has 1 aromatic carbocycles. The Morgan fingerprint density at radius 1 is 1.08 bits per heavy atom. The molecule has 1 aliphatic heterocycles. The van der Waals surface area contributed by atoms with E-state index in [0.29, 0.717) is 23.4 Å². The van der Waals surface area contributed by atoms with E-state index in [9.17, 15) is 22.8 Å². The van der Waals surface area contributed by atoms with E-state index in [-0.39, 0.29) is 42.7 Å². The summed E-state index contributed by atoms with van der Waals surface area (Å²) in [5.74, 6) is -0.196. The summed E-state index contributed by atoms with van der Waals surface area (Å²) < 4.78 is 51.9. The molecule has 0 spiro atoms. The highest BCUT2D eigenvalue weighted by molar-refractivity contribution is 5.93. The summed E-state index contributed by atoms with van der Waals surface area (Å²) in [6, 6.07) is 7.81. The fourth-order valence-corrected chi connectivity index (χ4v) is 3.98. The lowest BCUT2D eigenvalue weighted by Gasteiger charge is -2.29. The van der Waals surface area contributed by atoms with Crippen molar-refractivity contribution in [3.63, 3.8) is 0 Å². The maximum atomic E-state index is 13.1. The second-order valence-corrected chi connectivity index (χ2v) is 8.34. The van der Waals surface area contributed by atoms with Gasteiger partial charge in [0, 0.05) is 19.3 Å². The van der Waals surface area contributed by atoms with Gasteiger partial charge in [0.25, 0.3) is 17.3 Å². The van der Waals surface area contributed by atoms with Crippen molar-refractivity contribution in [3.8, 4) is 11.6 Å². The lowest BCUT2D eigenvalue weighted by Crippen LogP contribution is -2.44. The van der Waals surface area contributed by atoms with Gasteiger partial charge >= 0.3 is 6.18 Å². The molecule has 186 valence electrons. The van der Waals surface area contributed by atoms with E-state index in [2.05, 4.69) is 10.1 Å². The van der Waals surface area contributed by atoms with Gasteiger partial charge in [-0.05, 0) is 41.9 Å². The number of carbonyl (C=O) groups is 1. The van der Waals surface area contributed by atoms with Gasteiger partial charge < -0.3 is 23.3 Å². The molecule has 9 nitrogen and oxygen atoms in total. The number of amides is 1. The van der Waals surface area contributed by atoms with Crippen molar-refractivity contribution in [1.29, 1.82) is 0 Å². The first-order chi connectivity index (χ1) is 17.2. The number of imidazole rings is 1. The molecule has 0 aliphatic carbocycles. The van der Waals surface area contributed by atoms with Gasteiger partial charge in [-0.1, -0.05) is 12.1 Å². The second kappa shape index (κ2) is 9.02. The van der Waals surface area contributed by atoms with E-state index in [1.165, 1.54) is 23.0 Å². The van der Waals surface area contributed by atoms with E-state index in [0.717, 1.165) is 17.8 Å². The van der Waals surface area contributed by atoms with Crippen LogP contribution >= 0.6 is 0 Å². The van der Waals surface area contributed by atoms with Gasteiger partial charge in [0.2, 0.25) is 0 Å². The number of halogens is 3. The third-order valence-electron chi connectivity index (χ3n) is 5.87. The number of carbonyl (C=O) groups excluding carboxylic acids is 1. The Labute approximate surface area is 202 Å². The van der Waals surface area contributed by atoms with Gasteiger partial charge in [0.1, 0.15) is 24.3 Å². The van der Waals surface area contributed by atoms with E-state index in [1.807, 2.05) is 6.92 Å². The Kier molecular flexibility index (Phi) is 5.86. The van der Waals surface area contributed by atoms with Crippen LogP contribution in [0.2, 0.25) is 0 Å². The number of benzene rings is 1. The fraction of sp³-hybridized carbons (Fsp3) is 0.250. The average molecular weight is 499 g/mol. The molecule has 0 fully saturated rings. The summed E-state index contributed by atoms with van der Waals surface area (Å²) in [5.41, 5.74) is 1.41. The van der Waals surface area contributed by atoms with Crippen LogP contribution in [0.25, 0.3) is 5.69 Å². The fourth-order valence-electron chi connectivity index (χ4n) is 3.98. The SMILES string of the molecule is Cc1cn(-c2ccc3n(c2=O)CCN(Cc2conc2OCc2ccc(C(F)(F)F)cc2)C3=O)cn1. The first-order valence-electron chi connectivity index (χ1n) is 11.0. The van der Waals surface area contributed by atoms with Crippen molar-refractivity contribution >= 4 is 5.91 Å². The highest BCUT2D eigenvalue weighted by atomic mass is 19.4. The lowest BCUT2D eigenvalue weighted by molar-refractivity contribution is -0.137. The standard InChI is InChI=1S/C24H20F3N5O4/c1-15-10-31(14-28-15)19-6-7-20-22(33)30(8-9-32(20)23(19)34)11-17-13-36-29-21(17)35-12-16-2-4-18(5-3-16)24(25,26)27/h2-7,10,13-14H,8-9,11-12H2,1H3. The van der Waals surface area contributed by atoms with Crippen LogP contribution in [0.1, 0.15) is 32.9 Å². The summed E-state index contributed by atoms with van der Waals surface area (Å²) in [6.07, 6.45) is 0.220. The van der Waals surface area contributed by atoms with Crippen LogP contribution in [0.15, 0.2) is 64.5 Å². The van der Waals surface area contributed by atoms with Gasteiger partial charge in [-0.3, -0.25) is 9.59 Å². The van der Waals surface area contributed by atoms with Crippen LogP contribution in [-0.2, 0) is 25.9 Å². The molecule has 0 radical (unpaired) electrons. The quantitative estimate of drug-likeness (QED) is 0.403. The third kappa shape index (κ3) is 4.49. The van der Waals surface area contributed by atoms with Crippen LogP contribution in [0.5, 0.6) is 5.88 Å². The zero-order chi connectivity index (χ0) is 25.4. The summed E-state index contributed by atoms with van der Waals surface area (Å²) in [6.45, 7) is 2.50. The Hall–Kier alpha value is -4.35. The normalized spacial score (nSPS) is 13.7. The van der Waals surface area contributed by atoms with Crippen LogP contribution < -0.4 is 10.3 Å². The Morgan fingerprint density at radius 3 is 2.56 bits per heavy atom. The van der Waals surface area contributed by atoms with Gasteiger partial charge in [0.15, 0.2) is 0 Å². The second-order valence-electron chi connectivity index (χ2n) is 8.34. The number of aromatic nitrogens is 4. The number of aryl methyl sites for hydroxylation is 1. The maximum absolute atomic E-state index is 13.1. The Balaban J connectivity index is 1.28. The minimum Gasteiger partial charge on any atom is -0.470 e. The lowest BCUT2D eigenvalue weighted by atomic mass is 10.1. The molecular weight excluding hydrogens is 479 g/mol. The first-order valence-corrected chi connectivity index (χ1v) is 11.0. The Bertz CT molecular complexity index is 1470. The molecule has 0 saturated carbocycles. The zero-order valence-electron chi connectivity index (χ0n) is 19.0. The molecule has 0 bridgehead atoms. The number of hydrogen-bond acceptors (Lipinski definition) is 6. The van der Waals surface area contributed by atoms with Crippen molar-refractivity contribution in [2.24, 2.45) is 0 Å². The van der Waals surface area contributed by atoms with Crippen LogP contribution in [-0.4, -0.2) is 36.6 Å². The van der Waals surface area contributed by atoms with Gasteiger partial charge in [-0.25, -0.2) is 4.98 Å². The van der Waals surface area contributed by atoms with E-state index in [1.54, 1.807) is 34.1 Å². The summed E-state index contributed by atoms with van der Waals surface area (Å²) in [5, 5.41) is 3.81. The van der Waals surface area contributed by atoms with Gasteiger partial charge in [-0.15, -0.1) is 0 Å². The zero-order valence-corrected chi connectivity index (χ0v) is 19.0.